The molecule has 11 aromatic rings. The van der Waals surface area contributed by atoms with Gasteiger partial charge in [-0.3, -0.25) is 0 Å². The lowest BCUT2D eigenvalue weighted by atomic mass is 10.0. The van der Waals surface area contributed by atoms with Gasteiger partial charge in [0.2, 0.25) is 0 Å². The van der Waals surface area contributed by atoms with Gasteiger partial charge in [-0.05, 0) is 82.9 Å². The third-order valence-electron chi connectivity index (χ3n) is 11.3. The first-order valence-corrected chi connectivity index (χ1v) is 18.4. The van der Waals surface area contributed by atoms with Gasteiger partial charge in [0.1, 0.15) is 0 Å². The van der Waals surface area contributed by atoms with Gasteiger partial charge in [0, 0.05) is 49.4 Å². The lowest BCUT2D eigenvalue weighted by Gasteiger charge is -2.11. The van der Waals surface area contributed by atoms with Gasteiger partial charge in [0.05, 0.1) is 33.3 Å². The first-order chi connectivity index (χ1) is 26.8. The molecule has 3 aromatic heterocycles. The maximum absolute atomic E-state index is 5.21. The first kappa shape index (κ1) is 29.3. The van der Waals surface area contributed by atoms with Crippen molar-refractivity contribution in [3.05, 3.63) is 182 Å². The van der Waals surface area contributed by atoms with E-state index in [1.165, 1.54) is 60.4 Å². The molecule has 0 bridgehead atoms. The van der Waals surface area contributed by atoms with Crippen LogP contribution in [-0.4, -0.2) is 19.1 Å². The number of hydrogen-bond acceptors (Lipinski definition) is 2. The van der Waals surface area contributed by atoms with Gasteiger partial charge in [0.15, 0.2) is 5.82 Å². The molecular weight excluding hydrogens is 657 g/mol. The van der Waals surface area contributed by atoms with E-state index >= 15 is 0 Å². The van der Waals surface area contributed by atoms with Crippen molar-refractivity contribution in [2.24, 2.45) is 0 Å². The van der Waals surface area contributed by atoms with Crippen LogP contribution < -0.4 is 0 Å². The van der Waals surface area contributed by atoms with Crippen molar-refractivity contribution in [2.75, 3.05) is 0 Å². The number of hydrogen-bond donors (Lipinski definition) is 0. The summed E-state index contributed by atoms with van der Waals surface area (Å²) in [5, 5.41) is 6.09. The summed E-state index contributed by atoms with van der Waals surface area (Å²) in [6.45, 7) is 0. The Hall–Kier alpha value is -7.30. The van der Waals surface area contributed by atoms with Crippen molar-refractivity contribution in [1.82, 2.24) is 19.1 Å². The molecule has 8 aromatic carbocycles. The fraction of sp³-hybridized carbons (Fsp3) is 0. The van der Waals surface area contributed by atoms with Crippen LogP contribution in [0.5, 0.6) is 0 Å². The molecule has 0 saturated heterocycles. The van der Waals surface area contributed by atoms with E-state index in [0.29, 0.717) is 0 Å². The quantitative estimate of drug-likeness (QED) is 0.185. The fourth-order valence-electron chi connectivity index (χ4n) is 8.88. The molecule has 54 heavy (non-hydrogen) atoms. The van der Waals surface area contributed by atoms with Crippen LogP contribution >= 0.6 is 0 Å². The number of aromatic nitrogens is 4. The van der Waals surface area contributed by atoms with Crippen LogP contribution in [0.15, 0.2) is 182 Å². The Kier molecular flexibility index (Phi) is 6.02. The maximum atomic E-state index is 5.21. The summed E-state index contributed by atoms with van der Waals surface area (Å²) in [5.41, 5.74) is 15.9. The van der Waals surface area contributed by atoms with E-state index in [0.717, 1.165) is 50.4 Å². The molecule has 0 radical (unpaired) electrons. The van der Waals surface area contributed by atoms with Crippen molar-refractivity contribution in [3.8, 4) is 56.3 Å². The molecule has 0 fully saturated rings. The minimum atomic E-state index is 0.736. The van der Waals surface area contributed by atoms with Crippen molar-refractivity contribution in [3.63, 3.8) is 0 Å². The summed E-state index contributed by atoms with van der Waals surface area (Å²) >= 11 is 0. The maximum Gasteiger partial charge on any atom is 0.160 e. The average Bonchev–Trinajstić information content (AvgIpc) is 3.87. The predicted octanol–water partition coefficient (Wildman–Crippen LogP) is 12.8. The standard InChI is InChI=1S/C50H30N4/c1-2-13-34(14-3-1)53-44-22-8-6-17-37(44)39-26-24-32(30-47(39)53)31-25-27-46-42(29-31)38-18-7-9-23-45(38)54(46)35-15-10-12-33(28-35)50-51-43-21-11-20-40-36-16-4-5-19-41(36)49(52-50)48(40)43/h1-30H. The molecule has 0 spiro atoms. The minimum Gasteiger partial charge on any atom is -0.309 e. The highest BCUT2D eigenvalue weighted by Gasteiger charge is 2.24. The zero-order valence-corrected chi connectivity index (χ0v) is 29.1. The van der Waals surface area contributed by atoms with Crippen LogP contribution in [0.1, 0.15) is 0 Å². The van der Waals surface area contributed by atoms with E-state index in [9.17, 15) is 0 Å². The summed E-state index contributed by atoms with van der Waals surface area (Å²) in [4.78, 5) is 10.3. The lowest BCUT2D eigenvalue weighted by molar-refractivity contribution is 1.17. The Morgan fingerprint density at radius 1 is 0.333 bits per heavy atom. The van der Waals surface area contributed by atoms with Gasteiger partial charge in [-0.2, -0.15) is 0 Å². The summed E-state index contributed by atoms with van der Waals surface area (Å²) in [7, 11) is 0. The topological polar surface area (TPSA) is 35.6 Å². The van der Waals surface area contributed by atoms with Crippen molar-refractivity contribution < 1.29 is 0 Å². The molecular formula is C50H30N4. The molecule has 1 aliphatic carbocycles. The van der Waals surface area contributed by atoms with E-state index in [4.69, 9.17) is 9.97 Å². The number of para-hydroxylation sites is 3. The first-order valence-electron chi connectivity index (χ1n) is 18.4. The minimum absolute atomic E-state index is 0.736. The van der Waals surface area contributed by atoms with E-state index in [-0.39, 0.29) is 0 Å². The number of benzene rings is 8. The van der Waals surface area contributed by atoms with Crippen LogP contribution in [-0.2, 0) is 0 Å². The van der Waals surface area contributed by atoms with Crippen LogP contribution in [0.4, 0.5) is 0 Å². The zero-order chi connectivity index (χ0) is 35.3. The Morgan fingerprint density at radius 3 is 1.80 bits per heavy atom. The van der Waals surface area contributed by atoms with Gasteiger partial charge in [0.25, 0.3) is 0 Å². The van der Waals surface area contributed by atoms with Crippen LogP contribution in [0.3, 0.4) is 0 Å². The average molecular weight is 687 g/mol. The highest BCUT2D eigenvalue weighted by molar-refractivity contribution is 6.14. The normalized spacial score (nSPS) is 12.1. The van der Waals surface area contributed by atoms with Gasteiger partial charge < -0.3 is 9.13 Å². The third-order valence-corrected chi connectivity index (χ3v) is 11.3. The molecule has 0 saturated carbocycles. The van der Waals surface area contributed by atoms with Gasteiger partial charge in [-0.25, -0.2) is 9.97 Å². The van der Waals surface area contributed by atoms with Crippen molar-refractivity contribution in [2.45, 2.75) is 0 Å². The second-order valence-corrected chi connectivity index (χ2v) is 14.2. The largest absolute Gasteiger partial charge is 0.309 e. The van der Waals surface area contributed by atoms with E-state index in [1.54, 1.807) is 0 Å². The second-order valence-electron chi connectivity index (χ2n) is 14.2. The number of fused-ring (bicyclic) bond motifs is 9. The molecule has 0 atom stereocenters. The predicted molar refractivity (Wildman–Crippen MR) is 224 cm³/mol. The van der Waals surface area contributed by atoms with Crippen LogP contribution in [0.2, 0.25) is 0 Å². The van der Waals surface area contributed by atoms with E-state index in [1.807, 2.05) is 0 Å². The molecule has 0 N–H and O–H groups in total. The fourth-order valence-corrected chi connectivity index (χ4v) is 8.88. The third kappa shape index (κ3) is 4.13. The van der Waals surface area contributed by atoms with E-state index in [2.05, 4.69) is 191 Å². The smallest absolute Gasteiger partial charge is 0.160 e. The Bertz CT molecular complexity index is 3330. The van der Waals surface area contributed by atoms with Gasteiger partial charge in [-0.1, -0.05) is 121 Å². The molecule has 4 heteroatoms. The highest BCUT2D eigenvalue weighted by Crippen LogP contribution is 2.46. The van der Waals surface area contributed by atoms with Crippen molar-refractivity contribution >= 4 is 54.5 Å². The Morgan fingerprint density at radius 2 is 0.944 bits per heavy atom. The summed E-state index contributed by atoms with van der Waals surface area (Å²) < 4.78 is 4.76. The Balaban J connectivity index is 1.01. The monoisotopic (exact) mass is 686 g/mol. The van der Waals surface area contributed by atoms with Gasteiger partial charge in [-0.15, -0.1) is 0 Å². The zero-order valence-electron chi connectivity index (χ0n) is 29.1. The highest BCUT2D eigenvalue weighted by atomic mass is 15.0. The van der Waals surface area contributed by atoms with Gasteiger partial charge >= 0.3 is 0 Å². The van der Waals surface area contributed by atoms with E-state index < -0.39 is 0 Å². The molecule has 250 valence electrons. The Labute approximate surface area is 310 Å². The molecule has 0 amide bonds. The van der Waals surface area contributed by atoms with Crippen LogP contribution in [0, 0.1) is 0 Å². The van der Waals surface area contributed by atoms with Crippen LogP contribution in [0.25, 0.3) is 111 Å². The number of rotatable bonds is 4. The molecule has 3 heterocycles. The summed E-state index contributed by atoms with van der Waals surface area (Å²) in [6.07, 6.45) is 0. The second kappa shape index (κ2) is 11.1. The molecule has 0 unspecified atom stereocenters. The SMILES string of the molecule is c1ccc(-n2c3ccccc3c3ccc(-c4ccc5c(c4)c4ccccc4n5-c4cccc(-c5nc6c7c(cccc7n5)-c5ccccc5-6)c4)cc32)cc1. The molecule has 1 aliphatic rings. The lowest BCUT2D eigenvalue weighted by Crippen LogP contribution is -1.97. The summed E-state index contributed by atoms with van der Waals surface area (Å²) in [5.74, 6) is 0.736. The number of nitrogens with zero attached hydrogens (tertiary/aromatic N) is 4. The molecule has 12 rings (SSSR count). The molecule has 0 aliphatic heterocycles. The van der Waals surface area contributed by atoms with Crippen molar-refractivity contribution in [1.29, 1.82) is 0 Å². The molecule has 4 nitrogen and oxygen atoms in total. The summed E-state index contributed by atoms with van der Waals surface area (Å²) in [6, 6.07) is 65.5.